The zero-order chi connectivity index (χ0) is 19.0. The Morgan fingerprint density at radius 1 is 1.44 bits per heavy atom. The maximum atomic E-state index is 13.9. The van der Waals surface area contributed by atoms with Crippen LogP contribution in [-0.4, -0.2) is 45.9 Å². The number of benzene rings is 1. The van der Waals surface area contributed by atoms with E-state index in [2.05, 4.69) is 10.1 Å². The molecule has 1 fully saturated rings. The summed E-state index contributed by atoms with van der Waals surface area (Å²) < 4.78 is 20.2. The van der Waals surface area contributed by atoms with Gasteiger partial charge in [-0.2, -0.15) is 9.61 Å². The molecule has 142 valence electrons. The van der Waals surface area contributed by atoms with E-state index in [0.717, 1.165) is 5.56 Å². The van der Waals surface area contributed by atoms with Gasteiger partial charge in [-0.3, -0.25) is 4.79 Å². The lowest BCUT2D eigenvalue weighted by molar-refractivity contribution is -0.930. The fraction of sp³-hybridized carbons (Fsp3) is 0.389. The van der Waals surface area contributed by atoms with Gasteiger partial charge < -0.3 is 14.7 Å². The van der Waals surface area contributed by atoms with Gasteiger partial charge in [-0.15, -0.1) is 0 Å². The van der Waals surface area contributed by atoms with Gasteiger partial charge in [-0.1, -0.05) is 23.5 Å². The molecule has 1 aromatic carbocycles. The Balaban J connectivity index is 1.70. The normalized spacial score (nSPS) is 21.3. The van der Waals surface area contributed by atoms with Crippen LogP contribution in [0, 0.1) is 11.7 Å². The third-order valence-electron chi connectivity index (χ3n) is 5.15. The number of fused-ring (bicyclic) bond motifs is 1. The number of aromatic nitrogens is 3. The van der Waals surface area contributed by atoms with E-state index >= 15 is 0 Å². The van der Waals surface area contributed by atoms with E-state index in [9.17, 15) is 14.3 Å². The van der Waals surface area contributed by atoms with Gasteiger partial charge in [0.15, 0.2) is 6.04 Å². The monoisotopic (exact) mass is 391 g/mol. The third-order valence-corrected chi connectivity index (χ3v) is 6.25. The summed E-state index contributed by atoms with van der Waals surface area (Å²) in [7, 11) is 1.41. The van der Waals surface area contributed by atoms with Crippen LogP contribution in [0.2, 0.25) is 0 Å². The maximum absolute atomic E-state index is 13.9. The van der Waals surface area contributed by atoms with Crippen molar-refractivity contribution in [2.24, 2.45) is 5.92 Å². The largest absolute Gasteiger partial charge is 0.492 e. The molecule has 0 spiro atoms. The highest BCUT2D eigenvalue weighted by Crippen LogP contribution is 2.35. The highest BCUT2D eigenvalue weighted by Gasteiger charge is 2.37. The molecule has 7 nitrogen and oxygen atoms in total. The second-order valence-corrected chi connectivity index (χ2v) is 7.70. The standard InChI is InChI=1S/C18H19FN4O3S/c1-26-17(25)11-5-7-22(8-6-11)14(12-3-2-4-13(19)9-12)15-16(24)23-18(27-15)20-10-21-23/h2-4,9-11,14,24H,5-8H2,1H3/p+1/t14-/m0/s1. The molecular formula is C18H20FN4O3S+. The molecule has 1 saturated heterocycles. The molecule has 2 aromatic heterocycles. The van der Waals surface area contributed by atoms with E-state index in [1.165, 1.54) is 46.3 Å². The summed E-state index contributed by atoms with van der Waals surface area (Å²) in [6.45, 7) is 1.43. The van der Waals surface area contributed by atoms with Crippen LogP contribution >= 0.6 is 11.3 Å². The summed E-state index contributed by atoms with van der Waals surface area (Å²) in [5.41, 5.74) is 0.779. The van der Waals surface area contributed by atoms with Crippen molar-refractivity contribution in [1.82, 2.24) is 14.6 Å². The van der Waals surface area contributed by atoms with Crippen LogP contribution in [0.25, 0.3) is 4.96 Å². The fourth-order valence-corrected chi connectivity index (χ4v) is 4.94. The van der Waals surface area contributed by atoms with E-state index in [-0.39, 0.29) is 29.6 Å². The first-order valence-corrected chi connectivity index (χ1v) is 9.59. The predicted octanol–water partition coefficient (Wildman–Crippen LogP) is 1.19. The minimum atomic E-state index is -0.319. The van der Waals surface area contributed by atoms with Crippen LogP contribution in [0.15, 0.2) is 30.6 Å². The van der Waals surface area contributed by atoms with Gasteiger partial charge >= 0.3 is 5.97 Å². The Kier molecular flexibility index (Phi) is 4.79. The highest BCUT2D eigenvalue weighted by atomic mass is 32.1. The molecule has 0 amide bonds. The van der Waals surface area contributed by atoms with Crippen LogP contribution in [0.4, 0.5) is 4.39 Å². The molecule has 3 aromatic rings. The first-order chi connectivity index (χ1) is 13.1. The molecule has 0 aliphatic carbocycles. The Labute approximate surface area is 159 Å². The number of hydrogen-bond donors (Lipinski definition) is 2. The number of nitrogens with zero attached hydrogens (tertiary/aromatic N) is 3. The molecule has 2 N–H and O–H groups in total. The van der Waals surface area contributed by atoms with Gasteiger partial charge in [0.2, 0.25) is 10.8 Å². The number of likely N-dealkylation sites (tertiary alicyclic amines) is 1. The van der Waals surface area contributed by atoms with Crippen molar-refractivity contribution in [2.75, 3.05) is 20.2 Å². The minimum Gasteiger partial charge on any atom is -0.492 e. The lowest BCUT2D eigenvalue weighted by Crippen LogP contribution is -3.13. The number of hydrogen-bond acceptors (Lipinski definition) is 6. The van der Waals surface area contributed by atoms with Gasteiger partial charge in [-0.05, 0) is 12.1 Å². The van der Waals surface area contributed by atoms with E-state index in [0.29, 0.717) is 35.8 Å². The van der Waals surface area contributed by atoms with Gasteiger partial charge in [0.1, 0.15) is 17.0 Å². The summed E-state index contributed by atoms with van der Waals surface area (Å²) in [6.07, 6.45) is 2.77. The zero-order valence-corrected chi connectivity index (χ0v) is 15.6. The van der Waals surface area contributed by atoms with Crippen molar-refractivity contribution in [2.45, 2.75) is 18.9 Å². The van der Waals surface area contributed by atoms with E-state index in [1.54, 1.807) is 6.07 Å². The van der Waals surface area contributed by atoms with E-state index in [1.807, 2.05) is 6.07 Å². The summed E-state index contributed by atoms with van der Waals surface area (Å²) in [6, 6.07) is 6.18. The second kappa shape index (κ2) is 7.24. The summed E-state index contributed by atoms with van der Waals surface area (Å²) in [4.78, 5) is 18.4. The van der Waals surface area contributed by atoms with Gasteiger partial charge in [0.25, 0.3) is 0 Å². The quantitative estimate of drug-likeness (QED) is 0.653. The minimum absolute atomic E-state index is 0.0318. The molecule has 1 atom stereocenters. The number of quaternary nitrogens is 1. The van der Waals surface area contributed by atoms with Crippen molar-refractivity contribution in [3.8, 4) is 5.88 Å². The Bertz CT molecular complexity index is 965. The zero-order valence-electron chi connectivity index (χ0n) is 14.8. The van der Waals surface area contributed by atoms with Crippen LogP contribution < -0.4 is 4.90 Å². The Morgan fingerprint density at radius 2 is 2.22 bits per heavy atom. The maximum Gasteiger partial charge on any atom is 0.309 e. The summed E-state index contributed by atoms with van der Waals surface area (Å²) in [5, 5.41) is 14.7. The number of rotatable bonds is 4. The molecule has 3 heterocycles. The van der Waals surface area contributed by atoms with Crippen LogP contribution in [0.5, 0.6) is 5.88 Å². The van der Waals surface area contributed by atoms with Gasteiger partial charge in [0.05, 0.1) is 26.1 Å². The van der Waals surface area contributed by atoms with E-state index in [4.69, 9.17) is 4.74 Å². The number of ether oxygens (including phenoxy) is 1. The van der Waals surface area contributed by atoms with Crippen LogP contribution in [0.3, 0.4) is 0 Å². The number of thiazole rings is 1. The van der Waals surface area contributed by atoms with Crippen molar-refractivity contribution >= 4 is 22.3 Å². The number of aromatic hydroxyl groups is 1. The number of esters is 1. The SMILES string of the molecule is COC(=O)C1CC[NH+]([C@@H](c2cccc(F)c2)c2sc3ncnn3c2O)CC1. The van der Waals surface area contributed by atoms with Crippen molar-refractivity contribution in [3.63, 3.8) is 0 Å². The van der Waals surface area contributed by atoms with Crippen molar-refractivity contribution < 1.29 is 23.9 Å². The number of halogens is 1. The molecule has 4 rings (SSSR count). The molecule has 0 saturated carbocycles. The molecule has 1 aliphatic heterocycles. The van der Waals surface area contributed by atoms with Crippen LogP contribution in [0.1, 0.15) is 29.3 Å². The third kappa shape index (κ3) is 3.28. The number of methoxy groups -OCH3 is 1. The van der Waals surface area contributed by atoms with Crippen molar-refractivity contribution in [3.05, 3.63) is 46.9 Å². The molecule has 0 bridgehead atoms. The first kappa shape index (κ1) is 17.9. The molecule has 27 heavy (non-hydrogen) atoms. The average molecular weight is 391 g/mol. The average Bonchev–Trinajstić information content (AvgIpc) is 3.26. The van der Waals surface area contributed by atoms with Gasteiger partial charge in [-0.25, -0.2) is 9.37 Å². The number of carbonyl (C=O) groups excluding carboxylic acids is 1. The van der Waals surface area contributed by atoms with Crippen molar-refractivity contribution in [1.29, 1.82) is 0 Å². The fourth-order valence-electron chi connectivity index (χ4n) is 3.82. The molecule has 0 unspecified atom stereocenters. The Hall–Kier alpha value is -2.52. The predicted molar refractivity (Wildman–Crippen MR) is 96.2 cm³/mol. The lowest BCUT2D eigenvalue weighted by atomic mass is 9.93. The number of nitrogens with one attached hydrogen (secondary N) is 1. The van der Waals surface area contributed by atoms with E-state index < -0.39 is 0 Å². The molecular weight excluding hydrogens is 371 g/mol. The lowest BCUT2D eigenvalue weighted by Gasteiger charge is -2.33. The topological polar surface area (TPSA) is 81.2 Å². The molecule has 9 heteroatoms. The van der Waals surface area contributed by atoms with Gasteiger partial charge in [0, 0.05) is 18.4 Å². The first-order valence-electron chi connectivity index (χ1n) is 8.77. The smallest absolute Gasteiger partial charge is 0.309 e. The highest BCUT2D eigenvalue weighted by molar-refractivity contribution is 7.17. The summed E-state index contributed by atoms with van der Waals surface area (Å²) in [5.74, 6) is -0.578. The van der Waals surface area contributed by atoms with Crippen LogP contribution in [-0.2, 0) is 9.53 Å². The number of piperidine rings is 1. The Morgan fingerprint density at radius 3 is 2.89 bits per heavy atom. The number of carbonyl (C=O) groups is 1. The second-order valence-electron chi connectivity index (χ2n) is 6.69. The molecule has 1 aliphatic rings. The summed E-state index contributed by atoms with van der Waals surface area (Å²) >= 11 is 1.35. The molecule has 0 radical (unpaired) electrons.